The quantitative estimate of drug-likeness (QED) is 0.675. The van der Waals surface area contributed by atoms with Crippen molar-refractivity contribution in [2.75, 3.05) is 19.1 Å². The molecule has 21 heavy (non-hydrogen) atoms. The molecule has 1 fully saturated rings. The van der Waals surface area contributed by atoms with Crippen LogP contribution in [0.15, 0.2) is 17.2 Å². The van der Waals surface area contributed by atoms with Gasteiger partial charge in [0, 0.05) is 31.0 Å². The first-order chi connectivity index (χ1) is 9.91. The van der Waals surface area contributed by atoms with Crippen molar-refractivity contribution in [2.24, 2.45) is 0 Å². The van der Waals surface area contributed by atoms with E-state index in [0.29, 0.717) is 16.8 Å². The molecule has 7 heteroatoms. The van der Waals surface area contributed by atoms with Crippen LogP contribution < -0.4 is 0 Å². The van der Waals surface area contributed by atoms with Crippen LogP contribution in [0.5, 0.6) is 0 Å². The molecular weight excluding hydrogens is 328 g/mol. The van der Waals surface area contributed by atoms with Gasteiger partial charge in [0.2, 0.25) is 10.0 Å². The maximum Gasteiger partial charge on any atom is 0.244 e. The highest BCUT2D eigenvalue weighted by atomic mass is 35.5. The molecule has 0 amide bonds. The zero-order chi connectivity index (χ0) is 15.6. The molecule has 0 saturated heterocycles. The van der Waals surface area contributed by atoms with Crippen LogP contribution in [-0.2, 0) is 15.9 Å². The lowest BCUT2D eigenvalue weighted by atomic mass is 10.3. The summed E-state index contributed by atoms with van der Waals surface area (Å²) in [6.07, 6.45) is 6.85. The van der Waals surface area contributed by atoms with Crippen LogP contribution in [0.2, 0.25) is 0 Å². The minimum Gasteiger partial charge on any atom is -0.346 e. The second kappa shape index (κ2) is 6.94. The van der Waals surface area contributed by atoms with Gasteiger partial charge in [-0.3, -0.25) is 0 Å². The van der Waals surface area contributed by atoms with E-state index in [4.69, 9.17) is 11.6 Å². The third-order valence-electron chi connectivity index (χ3n) is 4.02. The molecule has 0 aromatic carbocycles. The maximum absolute atomic E-state index is 12.7. The molecule has 1 unspecified atom stereocenters. The van der Waals surface area contributed by atoms with E-state index in [1.807, 2.05) is 17.7 Å². The summed E-state index contributed by atoms with van der Waals surface area (Å²) in [4.78, 5) is 0.364. The fraction of sp³-hybridized carbons (Fsp3) is 0.714. The first-order valence-corrected chi connectivity index (χ1v) is 10.5. The Balaban J connectivity index is 2.22. The van der Waals surface area contributed by atoms with E-state index in [2.05, 4.69) is 0 Å². The van der Waals surface area contributed by atoms with Crippen LogP contribution in [0.4, 0.5) is 0 Å². The van der Waals surface area contributed by atoms with Gasteiger partial charge in [-0.1, -0.05) is 0 Å². The average Bonchev–Trinajstić information content (AvgIpc) is 3.22. The predicted molar refractivity (Wildman–Crippen MR) is 89.7 cm³/mol. The second-order valence-electron chi connectivity index (χ2n) is 5.59. The van der Waals surface area contributed by atoms with E-state index in [1.54, 1.807) is 31.1 Å². The van der Waals surface area contributed by atoms with Crippen molar-refractivity contribution in [3.8, 4) is 0 Å². The minimum atomic E-state index is -3.44. The normalized spacial score (nSPS) is 17.4. The number of aromatic nitrogens is 1. The van der Waals surface area contributed by atoms with Gasteiger partial charge in [0.05, 0.1) is 5.88 Å². The Morgan fingerprint density at radius 2 is 2.19 bits per heavy atom. The third kappa shape index (κ3) is 3.78. The van der Waals surface area contributed by atoms with Gasteiger partial charge >= 0.3 is 0 Å². The number of sulfonamides is 1. The van der Waals surface area contributed by atoms with Crippen LogP contribution in [0.1, 0.15) is 37.9 Å². The zero-order valence-corrected chi connectivity index (χ0v) is 15.1. The molecule has 1 aromatic rings. The van der Waals surface area contributed by atoms with Gasteiger partial charge in [-0.25, -0.2) is 8.42 Å². The highest BCUT2D eigenvalue weighted by molar-refractivity contribution is 7.98. The Morgan fingerprint density at radius 3 is 2.71 bits per heavy atom. The minimum absolute atomic E-state index is 0.00817. The molecule has 1 aliphatic carbocycles. The Labute approximate surface area is 136 Å². The van der Waals surface area contributed by atoms with Crippen molar-refractivity contribution in [1.29, 1.82) is 0 Å². The molecule has 0 aliphatic heterocycles. The predicted octanol–water partition coefficient (Wildman–Crippen LogP) is 3.32. The van der Waals surface area contributed by atoms with Crippen molar-refractivity contribution in [3.63, 3.8) is 0 Å². The van der Waals surface area contributed by atoms with Crippen molar-refractivity contribution >= 4 is 33.4 Å². The Bertz CT molecular complexity index is 582. The van der Waals surface area contributed by atoms with Gasteiger partial charge in [0.15, 0.2) is 0 Å². The van der Waals surface area contributed by atoms with Crippen LogP contribution in [-0.4, -0.2) is 42.4 Å². The molecule has 120 valence electrons. The lowest BCUT2D eigenvalue weighted by molar-refractivity contribution is 0.382. The van der Waals surface area contributed by atoms with Gasteiger partial charge < -0.3 is 4.57 Å². The number of halogens is 1. The fourth-order valence-corrected chi connectivity index (χ4v) is 4.55. The Hall–Kier alpha value is -0.170. The molecule has 0 N–H and O–H groups in total. The van der Waals surface area contributed by atoms with E-state index in [9.17, 15) is 8.42 Å². The fourth-order valence-electron chi connectivity index (χ4n) is 2.31. The van der Waals surface area contributed by atoms with Crippen molar-refractivity contribution in [2.45, 2.75) is 49.0 Å². The van der Waals surface area contributed by atoms with E-state index < -0.39 is 10.0 Å². The lowest BCUT2D eigenvalue weighted by Gasteiger charge is -2.23. The van der Waals surface area contributed by atoms with E-state index in [1.165, 1.54) is 4.31 Å². The number of thioether (sulfide) groups is 1. The molecule has 0 bridgehead atoms. The average molecular weight is 351 g/mol. The standard InChI is InChI=1S/C14H23ClN2O2S2/c1-11(6-7-20-3)16(2)21(18,19)14-8-13(9-15)17(10-14)12-4-5-12/h8,10-12H,4-7,9H2,1-3H3. The van der Waals surface area contributed by atoms with Gasteiger partial charge in [0.25, 0.3) is 0 Å². The SMILES string of the molecule is CSCCC(C)N(C)S(=O)(=O)c1cc(CCl)n(C2CC2)c1. The summed E-state index contributed by atoms with van der Waals surface area (Å²) >= 11 is 7.68. The third-order valence-corrected chi connectivity index (χ3v) is 6.88. The molecule has 1 atom stereocenters. The van der Waals surface area contributed by atoms with Crippen molar-refractivity contribution < 1.29 is 8.42 Å². The highest BCUT2D eigenvalue weighted by Crippen LogP contribution is 2.38. The van der Waals surface area contributed by atoms with E-state index >= 15 is 0 Å². The van der Waals surface area contributed by atoms with Crippen LogP contribution in [0.25, 0.3) is 0 Å². The summed E-state index contributed by atoms with van der Waals surface area (Å²) < 4.78 is 29.0. The zero-order valence-electron chi connectivity index (χ0n) is 12.8. The van der Waals surface area contributed by atoms with Crippen LogP contribution in [0, 0.1) is 0 Å². The number of nitrogens with zero attached hydrogens (tertiary/aromatic N) is 2. The molecular formula is C14H23ClN2O2S2. The molecule has 1 saturated carbocycles. The smallest absolute Gasteiger partial charge is 0.244 e. The van der Waals surface area contributed by atoms with E-state index in [0.717, 1.165) is 30.7 Å². The van der Waals surface area contributed by atoms with Gasteiger partial charge in [-0.15, -0.1) is 11.6 Å². The molecule has 1 aromatic heterocycles. The molecule has 2 rings (SSSR count). The maximum atomic E-state index is 12.7. The molecule has 1 heterocycles. The summed E-state index contributed by atoms with van der Waals surface area (Å²) in [5, 5.41) is 0. The topological polar surface area (TPSA) is 42.3 Å². The van der Waals surface area contributed by atoms with Gasteiger partial charge in [0.1, 0.15) is 4.90 Å². The van der Waals surface area contributed by atoms with Crippen molar-refractivity contribution in [3.05, 3.63) is 18.0 Å². The highest BCUT2D eigenvalue weighted by Gasteiger charge is 2.31. The van der Waals surface area contributed by atoms with Gasteiger partial charge in [-0.2, -0.15) is 16.1 Å². The molecule has 0 spiro atoms. The van der Waals surface area contributed by atoms with Crippen LogP contribution >= 0.6 is 23.4 Å². The summed E-state index contributed by atoms with van der Waals surface area (Å²) in [6, 6.07) is 2.14. The number of rotatable bonds is 8. The monoisotopic (exact) mass is 350 g/mol. The second-order valence-corrected chi connectivity index (χ2v) is 8.84. The summed E-state index contributed by atoms with van der Waals surface area (Å²) in [5.41, 5.74) is 0.892. The molecule has 4 nitrogen and oxygen atoms in total. The lowest BCUT2D eigenvalue weighted by Crippen LogP contribution is -2.35. The summed E-state index contributed by atoms with van der Waals surface area (Å²) in [7, 11) is -1.78. The number of alkyl halides is 1. The van der Waals surface area contributed by atoms with Crippen LogP contribution in [0.3, 0.4) is 0 Å². The Morgan fingerprint density at radius 1 is 1.52 bits per heavy atom. The summed E-state index contributed by atoms with van der Waals surface area (Å²) in [6.45, 7) is 1.95. The molecule has 0 radical (unpaired) electrons. The first kappa shape index (κ1) is 17.2. The Kier molecular flexibility index (Phi) is 5.68. The number of hydrogen-bond acceptors (Lipinski definition) is 3. The molecule has 1 aliphatic rings. The number of hydrogen-bond donors (Lipinski definition) is 0. The van der Waals surface area contributed by atoms with Crippen molar-refractivity contribution in [1.82, 2.24) is 8.87 Å². The van der Waals surface area contributed by atoms with Gasteiger partial charge in [-0.05, 0) is 44.3 Å². The largest absolute Gasteiger partial charge is 0.346 e. The van der Waals surface area contributed by atoms with E-state index in [-0.39, 0.29) is 6.04 Å². The first-order valence-electron chi connectivity index (χ1n) is 7.15. The summed E-state index contributed by atoms with van der Waals surface area (Å²) in [5.74, 6) is 1.30.